The van der Waals surface area contributed by atoms with Gasteiger partial charge in [-0.2, -0.15) is 0 Å². The van der Waals surface area contributed by atoms with Crippen molar-refractivity contribution in [1.29, 1.82) is 0 Å². The summed E-state index contributed by atoms with van der Waals surface area (Å²) in [6.07, 6.45) is 1.63. The van der Waals surface area contributed by atoms with Crippen LogP contribution in [0.3, 0.4) is 0 Å². The van der Waals surface area contributed by atoms with Gasteiger partial charge in [-0.15, -0.1) is 11.3 Å². The van der Waals surface area contributed by atoms with Crippen molar-refractivity contribution < 1.29 is 9.47 Å². The Labute approximate surface area is 177 Å². The van der Waals surface area contributed by atoms with Crippen molar-refractivity contribution in [3.05, 3.63) is 73.1 Å². The molecule has 5 aromatic rings. The summed E-state index contributed by atoms with van der Waals surface area (Å²) in [4.78, 5) is 12.4. The molecule has 146 valence electrons. The standard InChI is InChI=1S/C24H17N3O2S/c1-27(16-9-10-20-21(11-16)29-14-28-20)24-23-19(25-13-26-24)12-22(30-23)18-8-4-6-15-5-2-3-7-17(15)18/h2-13H,14H2,1H3. The van der Waals surface area contributed by atoms with Crippen LogP contribution in [0.4, 0.5) is 11.5 Å². The molecular formula is C24H17N3O2S. The van der Waals surface area contributed by atoms with Gasteiger partial charge < -0.3 is 14.4 Å². The van der Waals surface area contributed by atoms with Gasteiger partial charge in [0.25, 0.3) is 0 Å². The fourth-order valence-corrected chi connectivity index (χ4v) is 5.05. The van der Waals surface area contributed by atoms with Crippen LogP contribution in [0.1, 0.15) is 0 Å². The Bertz CT molecular complexity index is 1410. The molecule has 0 bridgehead atoms. The molecule has 3 heterocycles. The minimum absolute atomic E-state index is 0.263. The SMILES string of the molecule is CN(c1ccc2c(c1)OCO2)c1ncnc2cc(-c3cccc4ccccc34)sc12. The van der Waals surface area contributed by atoms with Gasteiger partial charge in [-0.3, -0.25) is 0 Å². The maximum Gasteiger partial charge on any atom is 0.231 e. The van der Waals surface area contributed by atoms with Crippen LogP contribution in [0.2, 0.25) is 0 Å². The molecular weight excluding hydrogens is 394 g/mol. The summed E-state index contributed by atoms with van der Waals surface area (Å²) >= 11 is 1.72. The van der Waals surface area contributed by atoms with E-state index in [1.54, 1.807) is 17.7 Å². The minimum Gasteiger partial charge on any atom is -0.454 e. The third-order valence-corrected chi connectivity index (χ3v) is 6.56. The molecule has 0 atom stereocenters. The Morgan fingerprint density at radius 2 is 1.77 bits per heavy atom. The number of thiophene rings is 1. The highest BCUT2D eigenvalue weighted by molar-refractivity contribution is 7.22. The number of anilines is 2. The van der Waals surface area contributed by atoms with Crippen LogP contribution in [0, 0.1) is 0 Å². The fraction of sp³-hybridized carbons (Fsp3) is 0.0833. The number of fused-ring (bicyclic) bond motifs is 3. The summed E-state index contributed by atoms with van der Waals surface area (Å²) < 4.78 is 12.0. The molecule has 0 N–H and O–H groups in total. The molecule has 0 amide bonds. The van der Waals surface area contributed by atoms with Crippen LogP contribution >= 0.6 is 11.3 Å². The molecule has 0 spiro atoms. The Morgan fingerprint density at radius 1 is 0.900 bits per heavy atom. The number of benzene rings is 3. The van der Waals surface area contributed by atoms with Crippen LogP contribution in [-0.2, 0) is 0 Å². The Kier molecular flexibility index (Phi) is 3.86. The summed E-state index contributed by atoms with van der Waals surface area (Å²) in [6, 6.07) is 23.0. The van der Waals surface area contributed by atoms with E-state index in [9.17, 15) is 0 Å². The second-order valence-electron chi connectivity index (χ2n) is 7.15. The van der Waals surface area contributed by atoms with E-state index in [4.69, 9.17) is 9.47 Å². The van der Waals surface area contributed by atoms with Crippen LogP contribution in [0.25, 0.3) is 31.4 Å². The van der Waals surface area contributed by atoms with Gasteiger partial charge in [-0.25, -0.2) is 9.97 Å². The number of aromatic nitrogens is 2. The van der Waals surface area contributed by atoms with Crippen molar-refractivity contribution in [2.75, 3.05) is 18.7 Å². The van der Waals surface area contributed by atoms with Crippen molar-refractivity contribution in [2.24, 2.45) is 0 Å². The van der Waals surface area contributed by atoms with Crippen LogP contribution in [0.5, 0.6) is 11.5 Å². The maximum absolute atomic E-state index is 5.54. The fourth-order valence-electron chi connectivity index (χ4n) is 3.87. The smallest absolute Gasteiger partial charge is 0.231 e. The molecule has 5 nitrogen and oxygen atoms in total. The third-order valence-electron chi connectivity index (χ3n) is 5.41. The van der Waals surface area contributed by atoms with Gasteiger partial charge in [-0.1, -0.05) is 42.5 Å². The third kappa shape index (κ3) is 2.69. The maximum atomic E-state index is 5.54. The molecule has 30 heavy (non-hydrogen) atoms. The Balaban J connectivity index is 1.48. The monoisotopic (exact) mass is 411 g/mol. The van der Waals surface area contributed by atoms with E-state index >= 15 is 0 Å². The lowest BCUT2D eigenvalue weighted by Gasteiger charge is -2.19. The normalized spacial score (nSPS) is 12.6. The van der Waals surface area contributed by atoms with E-state index in [1.807, 2.05) is 25.2 Å². The van der Waals surface area contributed by atoms with Crippen LogP contribution in [0.15, 0.2) is 73.1 Å². The topological polar surface area (TPSA) is 47.5 Å². The molecule has 0 saturated carbocycles. The number of hydrogen-bond acceptors (Lipinski definition) is 6. The molecule has 0 fully saturated rings. The average Bonchev–Trinajstić information content (AvgIpc) is 3.44. The van der Waals surface area contributed by atoms with Gasteiger partial charge in [0.1, 0.15) is 6.33 Å². The summed E-state index contributed by atoms with van der Waals surface area (Å²) in [5.41, 5.74) is 3.15. The largest absolute Gasteiger partial charge is 0.454 e. The van der Waals surface area contributed by atoms with E-state index in [2.05, 4.69) is 63.4 Å². The zero-order valence-corrected chi connectivity index (χ0v) is 17.0. The van der Waals surface area contributed by atoms with Crippen molar-refractivity contribution in [2.45, 2.75) is 0 Å². The Morgan fingerprint density at radius 3 is 2.73 bits per heavy atom. The molecule has 6 rings (SSSR count). The molecule has 1 aliphatic heterocycles. The van der Waals surface area contributed by atoms with E-state index in [0.29, 0.717) is 0 Å². The first-order valence-electron chi connectivity index (χ1n) is 9.64. The summed E-state index contributed by atoms with van der Waals surface area (Å²) in [6.45, 7) is 0.263. The molecule has 0 saturated heterocycles. The van der Waals surface area contributed by atoms with Crippen LogP contribution in [-0.4, -0.2) is 23.8 Å². The summed E-state index contributed by atoms with van der Waals surface area (Å²) in [5, 5.41) is 2.47. The lowest BCUT2D eigenvalue weighted by atomic mass is 10.0. The molecule has 6 heteroatoms. The second-order valence-corrected chi connectivity index (χ2v) is 8.20. The van der Waals surface area contributed by atoms with E-state index in [0.717, 1.165) is 33.2 Å². The lowest BCUT2D eigenvalue weighted by molar-refractivity contribution is 0.174. The molecule has 0 radical (unpaired) electrons. The van der Waals surface area contributed by atoms with E-state index in [1.165, 1.54) is 21.2 Å². The quantitative estimate of drug-likeness (QED) is 0.364. The number of rotatable bonds is 3. The van der Waals surface area contributed by atoms with E-state index < -0.39 is 0 Å². The highest BCUT2D eigenvalue weighted by atomic mass is 32.1. The van der Waals surface area contributed by atoms with Gasteiger partial charge in [0.15, 0.2) is 17.3 Å². The first-order chi connectivity index (χ1) is 14.8. The molecule has 0 unspecified atom stereocenters. The van der Waals surface area contributed by atoms with Gasteiger partial charge in [0.05, 0.1) is 10.2 Å². The van der Waals surface area contributed by atoms with Crippen molar-refractivity contribution >= 4 is 43.8 Å². The predicted molar refractivity (Wildman–Crippen MR) is 121 cm³/mol. The first kappa shape index (κ1) is 17.2. The number of hydrogen-bond donors (Lipinski definition) is 0. The second kappa shape index (κ2) is 6.71. The molecule has 3 aromatic carbocycles. The summed E-state index contributed by atoms with van der Waals surface area (Å²) in [5.74, 6) is 2.40. The summed E-state index contributed by atoms with van der Waals surface area (Å²) in [7, 11) is 2.01. The van der Waals surface area contributed by atoms with Crippen LogP contribution < -0.4 is 14.4 Å². The number of nitrogens with zero attached hydrogens (tertiary/aromatic N) is 3. The molecule has 0 aliphatic carbocycles. The van der Waals surface area contributed by atoms with E-state index in [-0.39, 0.29) is 6.79 Å². The first-order valence-corrected chi connectivity index (χ1v) is 10.5. The molecule has 1 aliphatic rings. The number of ether oxygens (including phenoxy) is 2. The lowest BCUT2D eigenvalue weighted by Crippen LogP contribution is -2.11. The Hall–Kier alpha value is -3.64. The zero-order chi connectivity index (χ0) is 20.1. The average molecular weight is 411 g/mol. The predicted octanol–water partition coefficient (Wildman–Crippen LogP) is 6.01. The van der Waals surface area contributed by atoms with Crippen molar-refractivity contribution in [3.8, 4) is 21.9 Å². The zero-order valence-electron chi connectivity index (χ0n) is 16.2. The van der Waals surface area contributed by atoms with Gasteiger partial charge >= 0.3 is 0 Å². The van der Waals surface area contributed by atoms with Gasteiger partial charge in [0, 0.05) is 23.7 Å². The van der Waals surface area contributed by atoms with Gasteiger partial charge in [-0.05, 0) is 34.5 Å². The minimum atomic E-state index is 0.263. The highest BCUT2D eigenvalue weighted by Gasteiger charge is 2.19. The highest BCUT2D eigenvalue weighted by Crippen LogP contribution is 2.42. The van der Waals surface area contributed by atoms with Crippen molar-refractivity contribution in [1.82, 2.24) is 9.97 Å². The van der Waals surface area contributed by atoms with Crippen molar-refractivity contribution in [3.63, 3.8) is 0 Å². The van der Waals surface area contributed by atoms with Gasteiger partial charge in [0.2, 0.25) is 6.79 Å². The molecule has 2 aromatic heterocycles.